The minimum absolute atomic E-state index is 0.00198. The number of carbonyl (C=O) groups is 1. The molecule has 156 valence electrons. The van der Waals surface area contributed by atoms with Gasteiger partial charge in [0.1, 0.15) is 0 Å². The van der Waals surface area contributed by atoms with Crippen molar-refractivity contribution in [3.63, 3.8) is 0 Å². The van der Waals surface area contributed by atoms with Gasteiger partial charge in [-0.3, -0.25) is 19.5 Å². The van der Waals surface area contributed by atoms with Crippen molar-refractivity contribution in [2.75, 3.05) is 11.4 Å². The second-order valence-corrected chi connectivity index (χ2v) is 7.85. The molecule has 0 radical (unpaired) electrons. The summed E-state index contributed by atoms with van der Waals surface area (Å²) in [5.74, 6) is -0.593. The van der Waals surface area contributed by atoms with Gasteiger partial charge in [-0.05, 0) is 55.5 Å². The molecule has 0 saturated carbocycles. The Morgan fingerprint density at radius 2 is 2.10 bits per heavy atom. The normalized spacial score (nSPS) is 13.5. The van der Waals surface area contributed by atoms with E-state index in [1.807, 2.05) is 24.0 Å². The zero-order valence-corrected chi connectivity index (χ0v) is 17.1. The summed E-state index contributed by atoms with van der Waals surface area (Å²) in [7, 11) is 0. The molecule has 9 heteroatoms. The largest absolute Gasteiger partial charge is 0.419 e. The van der Waals surface area contributed by atoms with E-state index < -0.39 is 10.7 Å². The molecule has 8 nitrogen and oxygen atoms in total. The molecular weight excluding hydrogens is 410 g/mol. The van der Waals surface area contributed by atoms with E-state index in [1.165, 1.54) is 22.8 Å². The molecule has 0 bridgehead atoms. The summed E-state index contributed by atoms with van der Waals surface area (Å²) in [4.78, 5) is 37.2. The monoisotopic (exact) mass is 429 g/mol. The summed E-state index contributed by atoms with van der Waals surface area (Å²) < 4.78 is 6.54. The molecule has 0 fully saturated rings. The van der Waals surface area contributed by atoms with Gasteiger partial charge < -0.3 is 9.32 Å². The molecule has 2 heterocycles. The summed E-state index contributed by atoms with van der Waals surface area (Å²) >= 11 is 6.16. The molecule has 0 N–H and O–H groups in total. The Morgan fingerprint density at radius 1 is 1.30 bits per heavy atom. The van der Waals surface area contributed by atoms with Crippen molar-refractivity contribution in [2.24, 2.45) is 0 Å². The maximum atomic E-state index is 12.9. The molecule has 0 saturated heterocycles. The Kier molecular flexibility index (Phi) is 5.34. The van der Waals surface area contributed by atoms with Gasteiger partial charge in [0.2, 0.25) is 5.91 Å². The second kappa shape index (κ2) is 7.95. The molecule has 1 aliphatic heterocycles. The van der Waals surface area contributed by atoms with E-state index in [2.05, 4.69) is 0 Å². The number of nitrogens with zero attached hydrogens (tertiary/aromatic N) is 3. The molecular formula is C21H20ClN3O5. The topological polar surface area (TPSA) is 98.6 Å². The summed E-state index contributed by atoms with van der Waals surface area (Å²) in [6.07, 6.45) is 2.49. The van der Waals surface area contributed by atoms with Crippen LogP contribution in [-0.2, 0) is 17.8 Å². The number of anilines is 1. The highest BCUT2D eigenvalue weighted by Crippen LogP contribution is 2.34. The van der Waals surface area contributed by atoms with E-state index in [0.29, 0.717) is 23.5 Å². The van der Waals surface area contributed by atoms with Gasteiger partial charge in [-0.15, -0.1) is 0 Å². The first kappa shape index (κ1) is 20.2. The molecule has 0 spiro atoms. The molecule has 1 aliphatic rings. The first-order valence-corrected chi connectivity index (χ1v) is 10.1. The lowest BCUT2D eigenvalue weighted by molar-refractivity contribution is -0.384. The van der Waals surface area contributed by atoms with E-state index in [0.717, 1.165) is 29.7 Å². The van der Waals surface area contributed by atoms with Gasteiger partial charge in [-0.2, -0.15) is 0 Å². The van der Waals surface area contributed by atoms with E-state index >= 15 is 0 Å². The van der Waals surface area contributed by atoms with Crippen LogP contribution in [0, 0.1) is 17.0 Å². The predicted molar refractivity (Wildman–Crippen MR) is 113 cm³/mol. The number of hydrogen-bond acceptors (Lipinski definition) is 5. The van der Waals surface area contributed by atoms with Gasteiger partial charge in [-0.1, -0.05) is 11.6 Å². The number of non-ortho nitro benzene ring substituents is 1. The highest BCUT2D eigenvalue weighted by atomic mass is 35.5. The fourth-order valence-electron chi connectivity index (χ4n) is 4.07. The SMILES string of the molecule is Cc1cc(Cl)cc2c1N(C(=O)CCCn1c(=O)oc3cc([N+](=O)[O-])ccc31)CCC2. The summed E-state index contributed by atoms with van der Waals surface area (Å²) in [6, 6.07) is 7.84. The standard InChI is InChI=1S/C21H20ClN3O5/c1-13-10-15(22)11-14-4-2-9-24(20(13)14)19(26)5-3-8-23-17-7-6-16(25(28)29)12-18(17)30-21(23)27/h6-7,10-12H,2-5,8-9H2,1H3. The van der Waals surface area contributed by atoms with E-state index in [-0.39, 0.29) is 30.1 Å². The number of aromatic nitrogens is 1. The Bertz CT molecular complexity index is 1210. The average molecular weight is 430 g/mol. The lowest BCUT2D eigenvalue weighted by Gasteiger charge is -2.31. The zero-order chi connectivity index (χ0) is 21.4. The van der Waals surface area contributed by atoms with Gasteiger partial charge >= 0.3 is 5.76 Å². The Labute approximate surface area is 176 Å². The van der Waals surface area contributed by atoms with Crippen LogP contribution in [0.3, 0.4) is 0 Å². The van der Waals surface area contributed by atoms with Crippen LogP contribution in [-0.4, -0.2) is 21.9 Å². The van der Waals surface area contributed by atoms with Gasteiger partial charge in [0.15, 0.2) is 5.58 Å². The van der Waals surface area contributed by atoms with Crippen molar-refractivity contribution in [3.8, 4) is 0 Å². The van der Waals surface area contributed by atoms with Crippen molar-refractivity contribution >= 4 is 40.0 Å². The molecule has 3 aromatic rings. The quantitative estimate of drug-likeness (QED) is 0.446. The third-order valence-electron chi connectivity index (χ3n) is 5.38. The Hall–Kier alpha value is -3.13. The van der Waals surface area contributed by atoms with Crippen molar-refractivity contribution in [3.05, 3.63) is 67.1 Å². The number of benzene rings is 2. The van der Waals surface area contributed by atoms with Crippen LogP contribution in [0.2, 0.25) is 5.02 Å². The van der Waals surface area contributed by atoms with Crippen LogP contribution in [0.25, 0.3) is 11.1 Å². The van der Waals surface area contributed by atoms with Gasteiger partial charge in [0.05, 0.1) is 16.5 Å². The highest BCUT2D eigenvalue weighted by Gasteiger charge is 2.24. The predicted octanol–water partition coefficient (Wildman–Crippen LogP) is 4.22. The van der Waals surface area contributed by atoms with Gasteiger partial charge in [-0.25, -0.2) is 4.79 Å². The van der Waals surface area contributed by atoms with Gasteiger partial charge in [0.25, 0.3) is 5.69 Å². The second-order valence-electron chi connectivity index (χ2n) is 7.41. The Morgan fingerprint density at radius 3 is 2.87 bits per heavy atom. The van der Waals surface area contributed by atoms with Crippen molar-refractivity contribution in [1.82, 2.24) is 4.57 Å². The number of oxazole rings is 1. The first-order valence-electron chi connectivity index (χ1n) is 9.72. The molecule has 30 heavy (non-hydrogen) atoms. The number of aryl methyl sites for hydroxylation is 3. The van der Waals surface area contributed by atoms with Crippen LogP contribution < -0.4 is 10.7 Å². The molecule has 0 atom stereocenters. The minimum Gasteiger partial charge on any atom is -0.407 e. The Balaban J connectivity index is 1.48. The third-order valence-corrected chi connectivity index (χ3v) is 5.60. The number of halogens is 1. The van der Waals surface area contributed by atoms with Crippen LogP contribution in [0.4, 0.5) is 11.4 Å². The lowest BCUT2D eigenvalue weighted by Crippen LogP contribution is -2.36. The fraction of sp³-hybridized carbons (Fsp3) is 0.333. The number of fused-ring (bicyclic) bond motifs is 2. The van der Waals surface area contributed by atoms with Crippen LogP contribution in [0.5, 0.6) is 0 Å². The molecule has 4 rings (SSSR count). The van der Waals surface area contributed by atoms with E-state index in [1.54, 1.807) is 0 Å². The molecule has 1 aromatic heterocycles. The lowest BCUT2D eigenvalue weighted by atomic mass is 9.97. The maximum Gasteiger partial charge on any atom is 0.419 e. The highest BCUT2D eigenvalue weighted by molar-refractivity contribution is 6.30. The number of rotatable bonds is 5. The zero-order valence-electron chi connectivity index (χ0n) is 16.4. The minimum atomic E-state index is -0.591. The summed E-state index contributed by atoms with van der Waals surface area (Å²) in [5, 5.41) is 11.6. The van der Waals surface area contributed by atoms with E-state index in [9.17, 15) is 19.7 Å². The number of nitro groups is 1. The molecule has 0 unspecified atom stereocenters. The van der Waals surface area contributed by atoms with Crippen LogP contribution in [0.15, 0.2) is 39.5 Å². The maximum absolute atomic E-state index is 12.9. The van der Waals surface area contributed by atoms with E-state index in [4.69, 9.17) is 16.0 Å². The van der Waals surface area contributed by atoms with Crippen molar-refractivity contribution < 1.29 is 14.1 Å². The number of carbonyl (C=O) groups excluding carboxylic acids is 1. The third kappa shape index (κ3) is 3.70. The summed E-state index contributed by atoms with van der Waals surface area (Å²) in [5.41, 5.74) is 3.50. The molecule has 0 aliphatic carbocycles. The molecule has 2 aromatic carbocycles. The van der Waals surface area contributed by atoms with Gasteiger partial charge in [0, 0.05) is 36.3 Å². The number of nitro benzene ring substituents is 1. The van der Waals surface area contributed by atoms with Crippen LogP contribution in [0.1, 0.15) is 30.4 Å². The van der Waals surface area contributed by atoms with Crippen molar-refractivity contribution in [2.45, 2.75) is 39.2 Å². The first-order chi connectivity index (χ1) is 14.3. The number of hydrogen-bond donors (Lipinski definition) is 0. The van der Waals surface area contributed by atoms with Crippen LogP contribution >= 0.6 is 11.6 Å². The van der Waals surface area contributed by atoms with Crippen molar-refractivity contribution in [1.29, 1.82) is 0 Å². The smallest absolute Gasteiger partial charge is 0.407 e. The number of amides is 1. The molecule has 1 amide bonds. The summed E-state index contributed by atoms with van der Waals surface area (Å²) in [6.45, 7) is 2.90. The fourth-order valence-corrected chi connectivity index (χ4v) is 4.37. The average Bonchev–Trinajstić information content (AvgIpc) is 3.01.